The van der Waals surface area contributed by atoms with E-state index >= 15 is 0 Å². The van der Waals surface area contributed by atoms with Crippen molar-refractivity contribution in [3.8, 4) is 0 Å². The van der Waals surface area contributed by atoms with Crippen LogP contribution in [-0.4, -0.2) is 46.0 Å². The molecule has 1 heterocycles. The van der Waals surface area contributed by atoms with Crippen LogP contribution in [0.3, 0.4) is 0 Å². The summed E-state index contributed by atoms with van der Waals surface area (Å²) in [6.45, 7) is 3.56. The molecular weight excluding hydrogens is 420 g/mol. The molecule has 0 aliphatic heterocycles. The van der Waals surface area contributed by atoms with Crippen molar-refractivity contribution in [3.05, 3.63) is 71.9 Å². The molecular formula is C25H30N4O4. The summed E-state index contributed by atoms with van der Waals surface area (Å²) in [6.07, 6.45) is 2.19. The molecule has 1 aromatic heterocycles. The van der Waals surface area contributed by atoms with Gasteiger partial charge in [0, 0.05) is 23.5 Å². The lowest BCUT2D eigenvalue weighted by Gasteiger charge is -2.25. The Kier molecular flexibility index (Phi) is 7.84. The first-order valence-electron chi connectivity index (χ1n) is 10.9. The Labute approximate surface area is 192 Å². The van der Waals surface area contributed by atoms with Gasteiger partial charge in [-0.15, -0.1) is 0 Å². The van der Waals surface area contributed by atoms with Gasteiger partial charge < -0.3 is 26.5 Å². The number of carboxylic acid groups (broad SMARTS) is 1. The van der Waals surface area contributed by atoms with Crippen LogP contribution in [0.4, 0.5) is 0 Å². The Bertz CT molecular complexity index is 1110. The van der Waals surface area contributed by atoms with Gasteiger partial charge in [0.05, 0.1) is 6.04 Å². The van der Waals surface area contributed by atoms with Gasteiger partial charge in [0.2, 0.25) is 11.8 Å². The largest absolute Gasteiger partial charge is 0.480 e. The number of aliphatic carboxylic acids is 1. The molecule has 0 aliphatic carbocycles. The lowest BCUT2D eigenvalue weighted by atomic mass is 10.00. The highest BCUT2D eigenvalue weighted by Crippen LogP contribution is 2.19. The third-order valence-corrected chi connectivity index (χ3v) is 5.60. The zero-order chi connectivity index (χ0) is 24.0. The highest BCUT2D eigenvalue weighted by Gasteiger charge is 2.30. The number of amides is 2. The van der Waals surface area contributed by atoms with Gasteiger partial charge >= 0.3 is 5.97 Å². The Morgan fingerprint density at radius 2 is 1.61 bits per heavy atom. The molecule has 0 saturated carbocycles. The Hall–Kier alpha value is -3.65. The van der Waals surface area contributed by atoms with Crippen molar-refractivity contribution in [2.75, 3.05) is 0 Å². The van der Waals surface area contributed by atoms with E-state index < -0.39 is 35.9 Å². The number of aromatic nitrogens is 1. The molecule has 2 amide bonds. The van der Waals surface area contributed by atoms with Crippen molar-refractivity contribution in [1.82, 2.24) is 15.6 Å². The number of carbonyl (C=O) groups is 3. The van der Waals surface area contributed by atoms with E-state index in [4.69, 9.17) is 5.73 Å². The summed E-state index contributed by atoms with van der Waals surface area (Å²) in [5.41, 5.74) is 8.64. The number of fused-ring (bicyclic) bond motifs is 1. The molecule has 3 unspecified atom stereocenters. The average Bonchev–Trinajstić information content (AvgIpc) is 3.20. The summed E-state index contributed by atoms with van der Waals surface area (Å²) in [7, 11) is 0. The summed E-state index contributed by atoms with van der Waals surface area (Å²) in [4.78, 5) is 40.6. The van der Waals surface area contributed by atoms with E-state index in [1.54, 1.807) is 20.0 Å². The normalized spacial score (nSPS) is 13.9. The Morgan fingerprint density at radius 1 is 0.939 bits per heavy atom. The number of para-hydroxylation sites is 1. The molecule has 3 atom stereocenters. The number of aromatic amines is 1. The number of hydrogen-bond donors (Lipinski definition) is 5. The molecule has 0 bridgehead atoms. The van der Waals surface area contributed by atoms with Crippen molar-refractivity contribution in [2.45, 2.75) is 44.8 Å². The number of carbonyl (C=O) groups excluding carboxylic acids is 2. The van der Waals surface area contributed by atoms with Gasteiger partial charge in [0.1, 0.15) is 12.1 Å². The zero-order valence-electron chi connectivity index (χ0n) is 18.7. The summed E-state index contributed by atoms with van der Waals surface area (Å²) in [6, 6.07) is 14.0. The molecule has 6 N–H and O–H groups in total. The van der Waals surface area contributed by atoms with E-state index in [0.717, 1.165) is 22.0 Å². The molecule has 8 heteroatoms. The van der Waals surface area contributed by atoms with Gasteiger partial charge in [-0.05, 0) is 29.5 Å². The minimum atomic E-state index is -1.15. The average molecular weight is 451 g/mol. The van der Waals surface area contributed by atoms with Crippen molar-refractivity contribution in [3.63, 3.8) is 0 Å². The maximum atomic E-state index is 13.0. The number of hydrogen-bond acceptors (Lipinski definition) is 4. The first kappa shape index (κ1) is 24.0. The molecule has 174 valence electrons. The number of carboxylic acids is 1. The summed E-state index contributed by atoms with van der Waals surface area (Å²) < 4.78 is 0. The number of H-pyrrole nitrogens is 1. The maximum absolute atomic E-state index is 13.0. The van der Waals surface area contributed by atoms with Crippen LogP contribution < -0.4 is 16.4 Å². The maximum Gasteiger partial charge on any atom is 0.326 e. The minimum Gasteiger partial charge on any atom is -0.480 e. The fourth-order valence-corrected chi connectivity index (χ4v) is 3.74. The standard InChI is InChI=1S/C25H30N4O4/c1-15(2)22(29-23(30)19(26)12-16-8-4-3-5-9-16)24(31)28-21(25(32)33)13-17-14-27-20-11-7-6-10-18(17)20/h3-11,14-15,19,21-22,27H,12-13,26H2,1-2H3,(H,28,31)(H,29,30)(H,32,33). The van der Waals surface area contributed by atoms with Gasteiger partial charge in [0.15, 0.2) is 0 Å². The first-order chi connectivity index (χ1) is 15.8. The number of benzene rings is 2. The number of rotatable bonds is 10. The molecule has 0 saturated heterocycles. The second-order valence-corrected chi connectivity index (χ2v) is 8.49. The molecule has 3 rings (SSSR count). The molecule has 0 spiro atoms. The third-order valence-electron chi connectivity index (χ3n) is 5.60. The lowest BCUT2D eigenvalue weighted by Crippen LogP contribution is -2.56. The molecule has 0 aliphatic rings. The molecule has 8 nitrogen and oxygen atoms in total. The van der Waals surface area contributed by atoms with Gasteiger partial charge in [-0.25, -0.2) is 4.79 Å². The number of nitrogens with two attached hydrogens (primary N) is 1. The van der Waals surface area contributed by atoms with Crippen LogP contribution in [0.5, 0.6) is 0 Å². The van der Waals surface area contributed by atoms with E-state index in [1.165, 1.54) is 0 Å². The van der Waals surface area contributed by atoms with Crippen LogP contribution in [0.25, 0.3) is 10.9 Å². The second-order valence-electron chi connectivity index (χ2n) is 8.49. The summed E-state index contributed by atoms with van der Waals surface area (Å²) >= 11 is 0. The highest BCUT2D eigenvalue weighted by molar-refractivity contribution is 5.92. The monoisotopic (exact) mass is 450 g/mol. The van der Waals surface area contributed by atoms with Crippen LogP contribution in [0.15, 0.2) is 60.8 Å². The fourth-order valence-electron chi connectivity index (χ4n) is 3.74. The van der Waals surface area contributed by atoms with Crippen LogP contribution >= 0.6 is 0 Å². The summed E-state index contributed by atoms with van der Waals surface area (Å²) in [5, 5.41) is 15.9. The van der Waals surface area contributed by atoms with E-state index in [-0.39, 0.29) is 12.3 Å². The van der Waals surface area contributed by atoms with Crippen molar-refractivity contribution < 1.29 is 19.5 Å². The van der Waals surface area contributed by atoms with E-state index in [2.05, 4.69) is 15.6 Å². The number of nitrogens with one attached hydrogen (secondary N) is 3. The van der Waals surface area contributed by atoms with Gasteiger partial charge in [0.25, 0.3) is 0 Å². The van der Waals surface area contributed by atoms with Crippen LogP contribution in [0.2, 0.25) is 0 Å². The van der Waals surface area contributed by atoms with Crippen molar-refractivity contribution in [2.24, 2.45) is 11.7 Å². The SMILES string of the molecule is CC(C)C(NC(=O)C(N)Cc1ccccc1)C(=O)NC(Cc1c[nH]c2ccccc12)C(=O)O. The van der Waals surface area contributed by atoms with E-state index in [1.807, 2.05) is 54.6 Å². The Morgan fingerprint density at radius 3 is 2.27 bits per heavy atom. The van der Waals surface area contributed by atoms with Gasteiger partial charge in [-0.1, -0.05) is 62.4 Å². The third kappa shape index (κ3) is 6.20. The smallest absolute Gasteiger partial charge is 0.326 e. The molecule has 0 radical (unpaired) electrons. The molecule has 2 aromatic carbocycles. The Balaban J connectivity index is 1.67. The van der Waals surface area contributed by atoms with Crippen LogP contribution in [-0.2, 0) is 27.2 Å². The fraction of sp³-hybridized carbons (Fsp3) is 0.320. The predicted molar refractivity (Wildman–Crippen MR) is 126 cm³/mol. The van der Waals surface area contributed by atoms with Gasteiger partial charge in [-0.2, -0.15) is 0 Å². The molecule has 3 aromatic rings. The van der Waals surface area contributed by atoms with E-state index in [9.17, 15) is 19.5 Å². The molecule has 0 fully saturated rings. The topological polar surface area (TPSA) is 137 Å². The first-order valence-corrected chi connectivity index (χ1v) is 10.9. The zero-order valence-corrected chi connectivity index (χ0v) is 18.7. The second kappa shape index (κ2) is 10.8. The van der Waals surface area contributed by atoms with Crippen LogP contribution in [0, 0.1) is 5.92 Å². The van der Waals surface area contributed by atoms with Crippen LogP contribution in [0.1, 0.15) is 25.0 Å². The molecule has 33 heavy (non-hydrogen) atoms. The van der Waals surface area contributed by atoms with Crippen molar-refractivity contribution >= 4 is 28.7 Å². The summed E-state index contributed by atoms with van der Waals surface area (Å²) in [5.74, 6) is -2.43. The minimum absolute atomic E-state index is 0.109. The van der Waals surface area contributed by atoms with E-state index in [0.29, 0.717) is 6.42 Å². The predicted octanol–water partition coefficient (Wildman–Crippen LogP) is 1.99. The van der Waals surface area contributed by atoms with Crippen molar-refractivity contribution in [1.29, 1.82) is 0 Å². The highest BCUT2D eigenvalue weighted by atomic mass is 16.4. The van der Waals surface area contributed by atoms with Gasteiger partial charge in [-0.3, -0.25) is 9.59 Å². The lowest BCUT2D eigenvalue weighted by molar-refractivity contribution is -0.142. The quantitative estimate of drug-likeness (QED) is 0.322.